The molecule has 0 radical (unpaired) electrons. The van der Waals surface area contributed by atoms with Crippen molar-refractivity contribution < 1.29 is 13.2 Å². The zero-order chi connectivity index (χ0) is 12.5. The van der Waals surface area contributed by atoms with Crippen LogP contribution in [-0.4, -0.2) is 9.97 Å². The predicted molar refractivity (Wildman–Crippen MR) is 65.2 cm³/mol. The molecular weight excluding hydrogens is 344 g/mol. The van der Waals surface area contributed by atoms with Crippen LogP contribution >= 0.6 is 22.6 Å². The van der Waals surface area contributed by atoms with Crippen molar-refractivity contribution in [3.63, 3.8) is 0 Å². The van der Waals surface area contributed by atoms with Crippen molar-refractivity contribution >= 4 is 22.6 Å². The molecule has 2 rings (SSSR count). The second kappa shape index (κ2) is 4.59. The normalized spacial score (nSPS) is 11.5. The van der Waals surface area contributed by atoms with E-state index in [1.165, 1.54) is 18.5 Å². The molecule has 0 aliphatic carbocycles. The number of hydrogen-bond acceptors (Lipinski definition) is 2. The Kier molecular flexibility index (Phi) is 3.32. The molecule has 0 aliphatic heterocycles. The van der Waals surface area contributed by atoms with Crippen molar-refractivity contribution in [1.29, 1.82) is 0 Å². The lowest BCUT2D eigenvalue weighted by atomic mass is 10.1. The predicted octanol–water partition coefficient (Wildman–Crippen LogP) is 3.77. The van der Waals surface area contributed by atoms with Gasteiger partial charge in [-0.05, 0) is 40.8 Å². The van der Waals surface area contributed by atoms with E-state index in [4.69, 9.17) is 0 Å². The Hall–Kier alpha value is -1.18. The SMILES string of the molecule is FC(F)(F)c1ccc(-c2cc(I)ncn2)cc1. The molecule has 0 N–H and O–H groups in total. The van der Waals surface area contributed by atoms with Crippen LogP contribution in [-0.2, 0) is 6.18 Å². The lowest BCUT2D eigenvalue weighted by Gasteiger charge is -2.07. The second-order valence-electron chi connectivity index (χ2n) is 3.30. The number of hydrogen-bond donors (Lipinski definition) is 0. The Bertz CT molecular complexity index is 523. The molecule has 0 unspecified atom stereocenters. The quantitative estimate of drug-likeness (QED) is 0.578. The molecule has 0 amide bonds. The van der Waals surface area contributed by atoms with Crippen LogP contribution in [0.4, 0.5) is 13.2 Å². The molecule has 17 heavy (non-hydrogen) atoms. The molecule has 0 spiro atoms. The maximum Gasteiger partial charge on any atom is 0.416 e. The van der Waals surface area contributed by atoms with Gasteiger partial charge in [-0.3, -0.25) is 0 Å². The van der Waals surface area contributed by atoms with Crippen LogP contribution in [0.25, 0.3) is 11.3 Å². The average molecular weight is 350 g/mol. The van der Waals surface area contributed by atoms with Gasteiger partial charge in [0.1, 0.15) is 10.0 Å². The van der Waals surface area contributed by atoms with Crippen LogP contribution in [0, 0.1) is 3.70 Å². The molecule has 1 aromatic heterocycles. The lowest BCUT2D eigenvalue weighted by Crippen LogP contribution is -2.04. The Morgan fingerprint density at radius 2 is 1.65 bits per heavy atom. The molecule has 88 valence electrons. The van der Waals surface area contributed by atoms with Crippen molar-refractivity contribution in [1.82, 2.24) is 9.97 Å². The molecular formula is C11H6F3IN2. The van der Waals surface area contributed by atoms with Crippen molar-refractivity contribution in [3.05, 3.63) is 45.9 Å². The summed E-state index contributed by atoms with van der Waals surface area (Å²) in [4.78, 5) is 7.92. The summed E-state index contributed by atoms with van der Waals surface area (Å²) >= 11 is 2.02. The Morgan fingerprint density at radius 3 is 2.18 bits per heavy atom. The minimum Gasteiger partial charge on any atom is -0.236 e. The van der Waals surface area contributed by atoms with Gasteiger partial charge in [0.05, 0.1) is 11.3 Å². The van der Waals surface area contributed by atoms with E-state index in [1.54, 1.807) is 6.07 Å². The smallest absolute Gasteiger partial charge is 0.236 e. The average Bonchev–Trinajstić information content (AvgIpc) is 2.28. The molecule has 0 bridgehead atoms. The number of alkyl halides is 3. The van der Waals surface area contributed by atoms with E-state index in [0.717, 1.165) is 15.8 Å². The van der Waals surface area contributed by atoms with Gasteiger partial charge in [-0.25, -0.2) is 9.97 Å². The molecule has 0 aliphatic rings. The first-order chi connectivity index (χ1) is 7.97. The third-order valence-corrected chi connectivity index (χ3v) is 2.73. The fraction of sp³-hybridized carbons (Fsp3) is 0.0909. The highest BCUT2D eigenvalue weighted by Gasteiger charge is 2.29. The molecule has 2 nitrogen and oxygen atoms in total. The third-order valence-electron chi connectivity index (χ3n) is 2.14. The summed E-state index contributed by atoms with van der Waals surface area (Å²) in [6.07, 6.45) is -2.92. The van der Waals surface area contributed by atoms with E-state index < -0.39 is 11.7 Å². The standard InChI is InChI=1S/C11H6F3IN2/c12-11(13,14)8-3-1-7(2-4-8)9-5-10(15)17-6-16-9/h1-6H. The van der Waals surface area contributed by atoms with Crippen LogP contribution in [0.1, 0.15) is 5.56 Å². The second-order valence-corrected chi connectivity index (χ2v) is 4.41. The summed E-state index contributed by atoms with van der Waals surface area (Å²) in [7, 11) is 0. The number of rotatable bonds is 1. The van der Waals surface area contributed by atoms with Crippen LogP contribution in [0.3, 0.4) is 0 Å². The van der Waals surface area contributed by atoms with E-state index in [-0.39, 0.29) is 0 Å². The molecule has 6 heteroatoms. The van der Waals surface area contributed by atoms with Gasteiger partial charge in [0.25, 0.3) is 0 Å². The summed E-state index contributed by atoms with van der Waals surface area (Å²) in [5.41, 5.74) is 0.585. The highest BCUT2D eigenvalue weighted by Crippen LogP contribution is 2.30. The lowest BCUT2D eigenvalue weighted by molar-refractivity contribution is -0.137. The first kappa shape index (κ1) is 12.3. The molecule has 1 aromatic carbocycles. The fourth-order valence-electron chi connectivity index (χ4n) is 1.32. The van der Waals surface area contributed by atoms with Gasteiger partial charge < -0.3 is 0 Å². The van der Waals surface area contributed by atoms with Crippen molar-refractivity contribution in [2.24, 2.45) is 0 Å². The maximum absolute atomic E-state index is 12.4. The number of nitrogens with zero attached hydrogens (tertiary/aromatic N) is 2. The van der Waals surface area contributed by atoms with Crippen molar-refractivity contribution in [2.45, 2.75) is 6.18 Å². The first-order valence-electron chi connectivity index (χ1n) is 4.62. The van der Waals surface area contributed by atoms with E-state index in [0.29, 0.717) is 11.3 Å². The van der Waals surface area contributed by atoms with Crippen LogP contribution in [0.5, 0.6) is 0 Å². The van der Waals surface area contributed by atoms with Crippen LogP contribution in [0.2, 0.25) is 0 Å². The number of benzene rings is 1. The van der Waals surface area contributed by atoms with Gasteiger partial charge in [-0.2, -0.15) is 13.2 Å². The molecule has 0 saturated heterocycles. The number of aromatic nitrogens is 2. The van der Waals surface area contributed by atoms with Crippen LogP contribution < -0.4 is 0 Å². The molecule has 1 heterocycles. The van der Waals surface area contributed by atoms with Gasteiger partial charge in [0.15, 0.2) is 0 Å². The minimum absolute atomic E-state index is 0.609. The monoisotopic (exact) mass is 350 g/mol. The van der Waals surface area contributed by atoms with Gasteiger partial charge in [-0.15, -0.1) is 0 Å². The zero-order valence-corrected chi connectivity index (χ0v) is 10.5. The van der Waals surface area contributed by atoms with Gasteiger partial charge >= 0.3 is 6.18 Å². The van der Waals surface area contributed by atoms with E-state index >= 15 is 0 Å². The topological polar surface area (TPSA) is 25.8 Å². The summed E-state index contributed by atoms with van der Waals surface area (Å²) in [5.74, 6) is 0. The van der Waals surface area contributed by atoms with E-state index in [9.17, 15) is 13.2 Å². The first-order valence-corrected chi connectivity index (χ1v) is 5.70. The van der Waals surface area contributed by atoms with Crippen LogP contribution in [0.15, 0.2) is 36.7 Å². The Morgan fingerprint density at radius 1 is 1.00 bits per heavy atom. The third kappa shape index (κ3) is 2.93. The summed E-state index contributed by atoms with van der Waals surface area (Å²) in [6.45, 7) is 0. The van der Waals surface area contributed by atoms with E-state index in [2.05, 4.69) is 9.97 Å². The van der Waals surface area contributed by atoms with Gasteiger partial charge in [0.2, 0.25) is 0 Å². The molecule has 0 atom stereocenters. The Balaban J connectivity index is 2.36. The zero-order valence-electron chi connectivity index (χ0n) is 8.37. The summed E-state index contributed by atoms with van der Waals surface area (Å²) < 4.78 is 37.8. The van der Waals surface area contributed by atoms with Crippen molar-refractivity contribution in [3.8, 4) is 11.3 Å². The van der Waals surface area contributed by atoms with Gasteiger partial charge in [0, 0.05) is 5.56 Å². The number of halogens is 4. The molecule has 0 saturated carbocycles. The van der Waals surface area contributed by atoms with Gasteiger partial charge in [-0.1, -0.05) is 12.1 Å². The van der Waals surface area contributed by atoms with E-state index in [1.807, 2.05) is 22.6 Å². The largest absolute Gasteiger partial charge is 0.416 e. The summed E-state index contributed by atoms with van der Waals surface area (Å²) in [6, 6.07) is 6.61. The summed E-state index contributed by atoms with van der Waals surface area (Å²) in [5, 5.41) is 0. The fourth-order valence-corrected chi connectivity index (χ4v) is 1.74. The molecule has 2 aromatic rings. The molecule has 0 fully saturated rings. The maximum atomic E-state index is 12.4. The minimum atomic E-state index is -4.31. The highest BCUT2D eigenvalue weighted by molar-refractivity contribution is 14.1. The van der Waals surface area contributed by atoms with Crippen molar-refractivity contribution in [2.75, 3.05) is 0 Å². The Labute approximate surface area is 109 Å². The highest BCUT2D eigenvalue weighted by atomic mass is 127.